The number of allylic oxidation sites excluding steroid dienone is 1. The molecule has 1 fully saturated rings. The fourth-order valence-electron chi connectivity index (χ4n) is 3.18. The summed E-state index contributed by atoms with van der Waals surface area (Å²) in [6, 6.07) is 6.56. The lowest BCUT2D eigenvalue weighted by molar-refractivity contribution is 0.241. The van der Waals surface area contributed by atoms with Gasteiger partial charge in [-0.3, -0.25) is 0 Å². The predicted molar refractivity (Wildman–Crippen MR) is 89.6 cm³/mol. The van der Waals surface area contributed by atoms with Crippen molar-refractivity contribution in [3.05, 3.63) is 46.7 Å². The quantitative estimate of drug-likeness (QED) is 0.857. The third-order valence-electron chi connectivity index (χ3n) is 4.87. The van der Waals surface area contributed by atoms with Crippen molar-refractivity contribution in [3.63, 3.8) is 0 Å². The molecule has 1 unspecified atom stereocenters. The van der Waals surface area contributed by atoms with Crippen LogP contribution >= 0.6 is 0 Å². The summed E-state index contributed by atoms with van der Waals surface area (Å²) in [4.78, 5) is 12.0. The van der Waals surface area contributed by atoms with E-state index in [4.69, 9.17) is 0 Å². The van der Waals surface area contributed by atoms with E-state index in [0.717, 1.165) is 0 Å². The van der Waals surface area contributed by atoms with Gasteiger partial charge in [0, 0.05) is 6.20 Å². The van der Waals surface area contributed by atoms with Gasteiger partial charge in [-0.05, 0) is 75.0 Å². The molecular formula is C19H26N2O. The molecular weight excluding hydrogens is 272 g/mol. The van der Waals surface area contributed by atoms with Crippen molar-refractivity contribution in [2.24, 2.45) is 5.92 Å². The molecule has 1 aromatic carbocycles. The van der Waals surface area contributed by atoms with Crippen molar-refractivity contribution < 1.29 is 4.79 Å². The Bertz CT molecular complexity index is 587. The third kappa shape index (κ3) is 3.70. The van der Waals surface area contributed by atoms with Crippen LogP contribution in [0.1, 0.15) is 62.3 Å². The van der Waals surface area contributed by atoms with Crippen LogP contribution in [0.25, 0.3) is 0 Å². The molecule has 3 heteroatoms. The average molecular weight is 298 g/mol. The van der Waals surface area contributed by atoms with Gasteiger partial charge < -0.3 is 10.6 Å². The highest BCUT2D eigenvalue weighted by Crippen LogP contribution is 2.35. The summed E-state index contributed by atoms with van der Waals surface area (Å²) >= 11 is 0. The molecule has 2 aliphatic carbocycles. The summed E-state index contributed by atoms with van der Waals surface area (Å²) in [5, 5.41) is 5.88. The van der Waals surface area contributed by atoms with Gasteiger partial charge in [0.2, 0.25) is 0 Å². The largest absolute Gasteiger partial charge is 0.331 e. The van der Waals surface area contributed by atoms with Crippen LogP contribution in [0.4, 0.5) is 4.79 Å². The van der Waals surface area contributed by atoms with E-state index in [0.29, 0.717) is 5.92 Å². The molecule has 3 rings (SSSR count). The summed E-state index contributed by atoms with van der Waals surface area (Å²) in [6.07, 6.45) is 9.33. The topological polar surface area (TPSA) is 41.1 Å². The molecule has 2 amide bonds. The number of carbonyl (C=O) groups is 1. The molecule has 1 atom stereocenters. The first-order chi connectivity index (χ1) is 10.6. The smallest absolute Gasteiger partial charge is 0.319 e. The van der Waals surface area contributed by atoms with Crippen LogP contribution in [0.5, 0.6) is 0 Å². The van der Waals surface area contributed by atoms with Gasteiger partial charge in [0.25, 0.3) is 0 Å². The van der Waals surface area contributed by atoms with Crippen LogP contribution in [0.2, 0.25) is 0 Å². The summed E-state index contributed by atoms with van der Waals surface area (Å²) in [7, 11) is 0. The van der Waals surface area contributed by atoms with Gasteiger partial charge in [-0.15, -0.1) is 0 Å². The third-order valence-corrected chi connectivity index (χ3v) is 4.87. The fraction of sp³-hybridized carbons (Fsp3) is 0.526. The number of hydrogen-bond acceptors (Lipinski definition) is 1. The van der Waals surface area contributed by atoms with E-state index in [9.17, 15) is 4.79 Å². The molecule has 118 valence electrons. The minimum Gasteiger partial charge on any atom is -0.331 e. The average Bonchev–Trinajstić information content (AvgIpc) is 3.37. The number of benzene rings is 1. The Kier molecular flexibility index (Phi) is 4.51. The Morgan fingerprint density at radius 2 is 1.95 bits per heavy atom. The second-order valence-electron chi connectivity index (χ2n) is 6.74. The molecule has 3 nitrogen and oxygen atoms in total. The first-order valence-corrected chi connectivity index (χ1v) is 8.49. The number of nitrogens with one attached hydrogen (secondary N) is 2. The monoisotopic (exact) mass is 298 g/mol. The molecule has 1 aromatic rings. The molecule has 0 saturated heterocycles. The second-order valence-corrected chi connectivity index (χ2v) is 6.74. The summed E-state index contributed by atoms with van der Waals surface area (Å²) in [5.74, 6) is 0.693. The zero-order chi connectivity index (χ0) is 15.5. The van der Waals surface area contributed by atoms with Crippen molar-refractivity contribution >= 4 is 6.03 Å². The number of hydrogen-bond donors (Lipinski definition) is 2. The molecule has 0 radical (unpaired) electrons. The number of rotatable bonds is 4. The molecule has 0 spiro atoms. The maximum absolute atomic E-state index is 12.0. The zero-order valence-corrected chi connectivity index (χ0v) is 13.6. The van der Waals surface area contributed by atoms with Gasteiger partial charge in [-0.1, -0.05) is 23.8 Å². The Balaban J connectivity index is 1.57. The normalized spacial score (nSPS) is 19.3. The van der Waals surface area contributed by atoms with Crippen LogP contribution in [0, 0.1) is 5.92 Å². The first-order valence-electron chi connectivity index (χ1n) is 8.49. The maximum Gasteiger partial charge on any atom is 0.319 e. The number of carbonyl (C=O) groups excluding carboxylic acids is 1. The molecule has 1 saturated carbocycles. The Morgan fingerprint density at radius 3 is 2.68 bits per heavy atom. The van der Waals surface area contributed by atoms with Crippen LogP contribution in [-0.4, -0.2) is 6.03 Å². The Hall–Kier alpha value is -1.77. The van der Waals surface area contributed by atoms with Crippen LogP contribution < -0.4 is 10.6 Å². The number of fused-ring (bicyclic) bond motifs is 1. The number of urea groups is 1. The van der Waals surface area contributed by atoms with Crippen molar-refractivity contribution in [2.75, 3.05) is 0 Å². The van der Waals surface area contributed by atoms with E-state index in [-0.39, 0.29) is 12.1 Å². The van der Waals surface area contributed by atoms with Gasteiger partial charge in [-0.25, -0.2) is 4.79 Å². The predicted octanol–water partition coefficient (Wildman–Crippen LogP) is 4.24. The minimum atomic E-state index is -0.120. The lowest BCUT2D eigenvalue weighted by Gasteiger charge is -2.20. The summed E-state index contributed by atoms with van der Waals surface area (Å²) in [5.41, 5.74) is 5.41. The standard InChI is InChI=1S/C19H26N2O/c1-13(15-7-8-15)12-20-19(22)21-14(2)17-10-9-16-5-3-4-6-18(16)11-17/h9-12,14-15H,3-8H2,1-2H3,(H2,20,21,22)/b13-12+. The van der Waals surface area contributed by atoms with Gasteiger partial charge in [-0.2, -0.15) is 0 Å². The van der Waals surface area contributed by atoms with Crippen LogP contribution in [-0.2, 0) is 12.8 Å². The van der Waals surface area contributed by atoms with E-state index in [1.165, 1.54) is 60.8 Å². The van der Waals surface area contributed by atoms with E-state index < -0.39 is 0 Å². The molecule has 2 aliphatic rings. The number of amides is 2. The number of aryl methyl sites for hydroxylation is 2. The van der Waals surface area contributed by atoms with E-state index >= 15 is 0 Å². The Labute approximate surface area is 133 Å². The molecule has 0 aliphatic heterocycles. The maximum atomic E-state index is 12.0. The van der Waals surface area contributed by atoms with Crippen LogP contribution in [0.15, 0.2) is 30.0 Å². The lowest BCUT2D eigenvalue weighted by atomic mass is 9.89. The summed E-state index contributed by atoms with van der Waals surface area (Å²) < 4.78 is 0. The van der Waals surface area contributed by atoms with E-state index in [1.54, 1.807) is 0 Å². The Morgan fingerprint density at radius 1 is 1.23 bits per heavy atom. The summed E-state index contributed by atoms with van der Waals surface area (Å²) in [6.45, 7) is 4.13. The van der Waals surface area contributed by atoms with Crippen molar-refractivity contribution in [1.82, 2.24) is 10.6 Å². The second kappa shape index (κ2) is 6.55. The van der Waals surface area contributed by atoms with E-state index in [1.807, 2.05) is 13.1 Å². The SMILES string of the molecule is C/C(=C\NC(=O)NC(C)c1ccc2c(c1)CCCC2)C1CC1. The molecule has 22 heavy (non-hydrogen) atoms. The van der Waals surface area contributed by atoms with Gasteiger partial charge in [0.05, 0.1) is 6.04 Å². The lowest BCUT2D eigenvalue weighted by Crippen LogP contribution is -2.34. The van der Waals surface area contributed by atoms with E-state index in [2.05, 4.69) is 35.8 Å². The highest BCUT2D eigenvalue weighted by molar-refractivity contribution is 5.75. The van der Waals surface area contributed by atoms with Gasteiger partial charge in [0.15, 0.2) is 0 Å². The fourth-order valence-corrected chi connectivity index (χ4v) is 3.18. The minimum absolute atomic E-state index is 0.0295. The van der Waals surface area contributed by atoms with Crippen molar-refractivity contribution in [1.29, 1.82) is 0 Å². The highest BCUT2D eigenvalue weighted by Gasteiger charge is 2.23. The van der Waals surface area contributed by atoms with Crippen molar-refractivity contribution in [2.45, 2.75) is 58.4 Å². The molecule has 0 heterocycles. The van der Waals surface area contributed by atoms with Gasteiger partial charge >= 0.3 is 6.03 Å². The molecule has 0 bridgehead atoms. The molecule has 2 N–H and O–H groups in total. The van der Waals surface area contributed by atoms with Crippen molar-refractivity contribution in [3.8, 4) is 0 Å². The van der Waals surface area contributed by atoms with Crippen LogP contribution in [0.3, 0.4) is 0 Å². The molecule has 0 aromatic heterocycles. The first kappa shape index (κ1) is 15.1. The highest BCUT2D eigenvalue weighted by atomic mass is 16.2. The zero-order valence-electron chi connectivity index (χ0n) is 13.6. The van der Waals surface area contributed by atoms with Gasteiger partial charge in [0.1, 0.15) is 0 Å².